The van der Waals surface area contributed by atoms with E-state index in [9.17, 15) is 39.6 Å². The van der Waals surface area contributed by atoms with Gasteiger partial charge in [-0.15, -0.1) is 0 Å². The number of carboxylic acids is 4. The van der Waals surface area contributed by atoms with Crippen LogP contribution in [0.3, 0.4) is 0 Å². The maximum atomic E-state index is 12.0. The summed E-state index contributed by atoms with van der Waals surface area (Å²) >= 11 is 0. The summed E-state index contributed by atoms with van der Waals surface area (Å²) < 4.78 is 12.2. The minimum absolute atomic E-state index is 0. The van der Waals surface area contributed by atoms with Crippen molar-refractivity contribution in [3.63, 3.8) is 0 Å². The molecular formula is C34H58BaN2O10. The van der Waals surface area contributed by atoms with Gasteiger partial charge in [-0.1, -0.05) is 12.8 Å². The van der Waals surface area contributed by atoms with E-state index in [1.807, 2.05) is 0 Å². The Labute approximate surface area is 319 Å². The molecule has 0 bridgehead atoms. The molecule has 2 radical (unpaired) electrons. The number of hydrogen-bond acceptors (Lipinski definition) is 8. The Balaban J connectivity index is 0.000000320. The van der Waals surface area contributed by atoms with E-state index in [2.05, 4.69) is 66.0 Å². The monoisotopic (exact) mass is 792 g/mol. The summed E-state index contributed by atoms with van der Waals surface area (Å²) in [5.74, 6) is -6.37. The van der Waals surface area contributed by atoms with Gasteiger partial charge < -0.3 is 40.5 Å². The summed E-state index contributed by atoms with van der Waals surface area (Å²) in [6.07, 6.45) is 6.23. The number of piperidine rings is 2. The Hall–Kier alpha value is -0.709. The number of rotatable bonds is 8. The first-order chi connectivity index (χ1) is 20.9. The molecule has 13 heteroatoms. The minimum Gasteiger partial charge on any atom is -0.481 e. The Kier molecular flexibility index (Phi) is 14.2. The van der Waals surface area contributed by atoms with Crippen LogP contribution in [0.1, 0.15) is 132 Å². The van der Waals surface area contributed by atoms with Crippen molar-refractivity contribution in [2.45, 2.75) is 178 Å². The summed E-state index contributed by atoms with van der Waals surface area (Å²) in [6.45, 7) is 16.5. The molecule has 2 heterocycles. The van der Waals surface area contributed by atoms with Crippen LogP contribution in [0.2, 0.25) is 0 Å². The first kappa shape index (κ1) is 42.5. The molecule has 0 aromatic carbocycles. The number of nitrogens with one attached hydrogen (secondary N) is 2. The average molecular weight is 792 g/mol. The van der Waals surface area contributed by atoms with Gasteiger partial charge in [-0.2, -0.15) is 0 Å². The zero-order valence-electron chi connectivity index (χ0n) is 29.7. The van der Waals surface area contributed by atoms with Gasteiger partial charge >= 0.3 is 23.9 Å². The quantitative estimate of drug-likeness (QED) is 0.190. The van der Waals surface area contributed by atoms with Gasteiger partial charge in [-0.3, -0.25) is 9.59 Å². The molecule has 6 N–H and O–H groups in total. The van der Waals surface area contributed by atoms with Gasteiger partial charge in [0, 0.05) is 71.0 Å². The summed E-state index contributed by atoms with van der Waals surface area (Å²) in [4.78, 5) is 47.2. The fraction of sp³-hybridized carbons (Fsp3) is 0.882. The summed E-state index contributed by atoms with van der Waals surface area (Å²) in [5, 5.41) is 45.7. The molecule has 266 valence electrons. The van der Waals surface area contributed by atoms with E-state index < -0.39 is 46.9 Å². The van der Waals surface area contributed by atoms with Crippen LogP contribution in [0.15, 0.2) is 0 Å². The maximum Gasteiger partial charge on any atom is 0.336 e. The van der Waals surface area contributed by atoms with Crippen LogP contribution in [0.5, 0.6) is 0 Å². The van der Waals surface area contributed by atoms with Gasteiger partial charge in [-0.25, -0.2) is 9.59 Å². The fourth-order valence-electron chi connectivity index (χ4n) is 9.05. The Morgan fingerprint density at radius 2 is 0.809 bits per heavy atom. The maximum absolute atomic E-state index is 12.0. The van der Waals surface area contributed by atoms with E-state index >= 15 is 0 Å². The molecule has 2 saturated heterocycles. The molecule has 4 unspecified atom stereocenters. The van der Waals surface area contributed by atoms with Gasteiger partial charge in [-0.05, 0) is 120 Å². The van der Waals surface area contributed by atoms with Crippen LogP contribution in [0.25, 0.3) is 0 Å². The standard InChI is InChI=1S/2C17H29NO5.Ba/c2*1-15(2)9-11(10-16(3,4)18-15)23-17(14(21)22)8-6-5-7-12(17)13(19)20;/h2*11-12,18H,5-10H2,1-4H3,(H,19,20)(H,21,22);. The van der Waals surface area contributed by atoms with Crippen LogP contribution >= 0.6 is 0 Å². The molecule has 0 spiro atoms. The molecule has 4 rings (SSSR count). The molecule has 47 heavy (non-hydrogen) atoms. The zero-order valence-corrected chi connectivity index (χ0v) is 34.2. The third-order valence-electron chi connectivity index (χ3n) is 10.1. The van der Waals surface area contributed by atoms with Crippen LogP contribution in [-0.4, -0.2) is 139 Å². The normalized spacial score (nSPS) is 33.3. The first-order valence-electron chi connectivity index (χ1n) is 16.8. The number of carboxylic acid groups (broad SMARTS) is 4. The zero-order chi connectivity index (χ0) is 34.9. The van der Waals surface area contributed by atoms with Crippen molar-refractivity contribution in [3.8, 4) is 0 Å². The van der Waals surface area contributed by atoms with E-state index in [-0.39, 0.29) is 96.1 Å². The van der Waals surface area contributed by atoms with Crippen molar-refractivity contribution in [3.05, 3.63) is 0 Å². The third kappa shape index (κ3) is 10.6. The van der Waals surface area contributed by atoms with Crippen molar-refractivity contribution in [2.75, 3.05) is 0 Å². The summed E-state index contributed by atoms with van der Waals surface area (Å²) in [6, 6.07) is 0. The fourth-order valence-corrected chi connectivity index (χ4v) is 9.05. The van der Waals surface area contributed by atoms with E-state index in [1.165, 1.54) is 0 Å². The average Bonchev–Trinajstić information content (AvgIpc) is 2.85. The molecule has 0 amide bonds. The van der Waals surface area contributed by atoms with Crippen LogP contribution < -0.4 is 10.6 Å². The van der Waals surface area contributed by atoms with Crippen molar-refractivity contribution >= 4 is 72.8 Å². The molecule has 4 fully saturated rings. The number of aliphatic carboxylic acids is 4. The van der Waals surface area contributed by atoms with Crippen molar-refractivity contribution < 1.29 is 49.1 Å². The van der Waals surface area contributed by atoms with Crippen molar-refractivity contribution in [2.24, 2.45) is 11.8 Å². The molecule has 12 nitrogen and oxygen atoms in total. The number of hydrogen-bond donors (Lipinski definition) is 6. The second kappa shape index (κ2) is 15.7. The SMILES string of the molecule is CC1(C)CC(OC2(C(=O)O)CCCCC2C(=O)O)CC(C)(C)N1.CC1(C)CC(OC2(C(=O)O)CCCCC2C(=O)O)CC(C)(C)N1.[Ba]. The molecular weight excluding hydrogens is 734 g/mol. The Bertz CT molecular complexity index is 1040. The van der Waals surface area contributed by atoms with Crippen molar-refractivity contribution in [1.29, 1.82) is 0 Å². The Morgan fingerprint density at radius 1 is 0.532 bits per heavy atom. The molecule has 2 saturated carbocycles. The van der Waals surface area contributed by atoms with Gasteiger partial charge in [0.1, 0.15) is 0 Å². The molecule has 2 aliphatic heterocycles. The molecule has 0 aromatic heterocycles. The van der Waals surface area contributed by atoms with Crippen LogP contribution in [-0.2, 0) is 28.7 Å². The van der Waals surface area contributed by atoms with Crippen LogP contribution in [0.4, 0.5) is 0 Å². The molecule has 2 aliphatic carbocycles. The largest absolute Gasteiger partial charge is 0.481 e. The topological polar surface area (TPSA) is 192 Å². The first-order valence-corrected chi connectivity index (χ1v) is 16.8. The number of ether oxygens (including phenoxy) is 2. The molecule has 0 aromatic rings. The Morgan fingerprint density at radius 3 is 1.04 bits per heavy atom. The van der Waals surface area contributed by atoms with E-state index in [4.69, 9.17) is 9.47 Å². The van der Waals surface area contributed by atoms with Crippen LogP contribution in [0, 0.1) is 11.8 Å². The predicted molar refractivity (Wildman–Crippen MR) is 176 cm³/mol. The van der Waals surface area contributed by atoms with Gasteiger partial charge in [0.15, 0.2) is 11.2 Å². The summed E-state index contributed by atoms with van der Waals surface area (Å²) in [7, 11) is 0. The van der Waals surface area contributed by atoms with Gasteiger partial charge in [0.25, 0.3) is 0 Å². The smallest absolute Gasteiger partial charge is 0.336 e. The van der Waals surface area contributed by atoms with Crippen molar-refractivity contribution in [1.82, 2.24) is 10.6 Å². The second-order valence-corrected chi connectivity index (χ2v) is 16.7. The molecule has 4 aliphatic rings. The van der Waals surface area contributed by atoms with E-state index in [0.717, 1.165) is 12.8 Å². The minimum atomic E-state index is -1.60. The van der Waals surface area contributed by atoms with E-state index in [0.29, 0.717) is 51.4 Å². The second-order valence-electron chi connectivity index (χ2n) is 16.7. The number of carbonyl (C=O) groups is 4. The van der Waals surface area contributed by atoms with Gasteiger partial charge in [0.05, 0.1) is 24.0 Å². The summed E-state index contributed by atoms with van der Waals surface area (Å²) in [5.41, 5.74) is -3.92. The third-order valence-corrected chi connectivity index (χ3v) is 10.1. The molecule has 4 atom stereocenters. The van der Waals surface area contributed by atoms with E-state index in [1.54, 1.807) is 0 Å². The predicted octanol–water partition coefficient (Wildman–Crippen LogP) is 4.44. The van der Waals surface area contributed by atoms with Gasteiger partial charge in [0.2, 0.25) is 0 Å².